The lowest BCUT2D eigenvalue weighted by Gasteiger charge is -2.40. The maximum Gasteiger partial charge on any atom is 0.263 e. The van der Waals surface area contributed by atoms with Crippen LogP contribution in [-0.4, -0.2) is 42.1 Å². The molecule has 1 saturated carbocycles. The van der Waals surface area contributed by atoms with E-state index in [-0.39, 0.29) is 17.6 Å². The van der Waals surface area contributed by atoms with Gasteiger partial charge in [-0.3, -0.25) is 9.79 Å². The number of hydrogen-bond donors (Lipinski definition) is 3. The Balaban J connectivity index is 1.41. The van der Waals surface area contributed by atoms with Crippen LogP contribution < -0.4 is 20.7 Å². The molecule has 2 heterocycles. The van der Waals surface area contributed by atoms with E-state index in [1.807, 2.05) is 13.0 Å². The first-order valence-corrected chi connectivity index (χ1v) is 12.0. The SMILES string of the molecule is CCNC(=NCCNC(=O)c1scnc1C)NC1CC2(CCCC2)Oc2ccccc21. The van der Waals surface area contributed by atoms with Gasteiger partial charge in [-0.15, -0.1) is 11.3 Å². The summed E-state index contributed by atoms with van der Waals surface area (Å²) in [6.45, 7) is 5.64. The molecule has 166 valence electrons. The van der Waals surface area contributed by atoms with Crippen LogP contribution in [-0.2, 0) is 0 Å². The van der Waals surface area contributed by atoms with Gasteiger partial charge < -0.3 is 20.7 Å². The smallest absolute Gasteiger partial charge is 0.263 e. The summed E-state index contributed by atoms with van der Waals surface area (Å²) in [5, 5.41) is 9.90. The lowest BCUT2D eigenvalue weighted by Crippen LogP contribution is -2.46. The maximum absolute atomic E-state index is 12.3. The molecular formula is C23H31N5O2S. The fourth-order valence-electron chi connectivity index (χ4n) is 4.49. The van der Waals surface area contributed by atoms with Gasteiger partial charge >= 0.3 is 0 Å². The summed E-state index contributed by atoms with van der Waals surface area (Å²) < 4.78 is 6.47. The Hall–Kier alpha value is -2.61. The fraction of sp³-hybridized carbons (Fsp3) is 0.522. The Morgan fingerprint density at radius 2 is 2.10 bits per heavy atom. The average molecular weight is 442 g/mol. The van der Waals surface area contributed by atoms with Crippen molar-refractivity contribution in [2.24, 2.45) is 4.99 Å². The Kier molecular flexibility index (Phi) is 6.75. The number of para-hydroxylation sites is 1. The van der Waals surface area contributed by atoms with E-state index >= 15 is 0 Å². The van der Waals surface area contributed by atoms with Crippen LogP contribution in [0.15, 0.2) is 34.8 Å². The standard InChI is InChI=1S/C23H31N5O2S/c1-3-24-22(26-13-12-25-21(29)20-16(2)27-15-31-20)28-18-14-23(10-6-7-11-23)30-19-9-5-4-8-17(18)19/h4-5,8-9,15,18H,3,6-7,10-14H2,1-2H3,(H,25,29)(H2,24,26,28). The number of carbonyl (C=O) groups excluding carboxylic acids is 1. The fourth-order valence-corrected chi connectivity index (χ4v) is 5.21. The second-order valence-electron chi connectivity index (χ2n) is 8.21. The van der Waals surface area contributed by atoms with Crippen molar-refractivity contribution >= 4 is 23.2 Å². The zero-order valence-corrected chi connectivity index (χ0v) is 19.1. The second kappa shape index (κ2) is 9.68. The molecule has 7 nitrogen and oxygen atoms in total. The number of ether oxygens (including phenoxy) is 1. The van der Waals surface area contributed by atoms with Gasteiger partial charge in [-0.2, -0.15) is 0 Å². The summed E-state index contributed by atoms with van der Waals surface area (Å²) in [5.41, 5.74) is 3.57. The maximum atomic E-state index is 12.3. The number of guanidine groups is 1. The number of thiazole rings is 1. The molecule has 3 N–H and O–H groups in total. The zero-order chi connectivity index (χ0) is 21.7. The highest BCUT2D eigenvalue weighted by Gasteiger charge is 2.43. The van der Waals surface area contributed by atoms with E-state index in [1.165, 1.54) is 29.7 Å². The van der Waals surface area contributed by atoms with E-state index in [4.69, 9.17) is 9.73 Å². The lowest BCUT2D eigenvalue weighted by molar-refractivity contribution is 0.0396. The number of fused-ring (bicyclic) bond motifs is 1. The minimum Gasteiger partial charge on any atom is -0.487 e. The van der Waals surface area contributed by atoms with Gasteiger partial charge in [0.05, 0.1) is 23.8 Å². The first-order valence-electron chi connectivity index (χ1n) is 11.1. The molecule has 1 aliphatic heterocycles. The molecule has 1 fully saturated rings. The van der Waals surface area contributed by atoms with Gasteiger partial charge in [-0.1, -0.05) is 18.2 Å². The highest BCUT2D eigenvalue weighted by molar-refractivity contribution is 7.11. The van der Waals surface area contributed by atoms with Crippen molar-refractivity contribution in [3.63, 3.8) is 0 Å². The van der Waals surface area contributed by atoms with Gasteiger partial charge in [0.15, 0.2) is 5.96 Å². The Bertz CT molecular complexity index is 936. The number of amides is 1. The predicted molar refractivity (Wildman–Crippen MR) is 124 cm³/mol. The number of aromatic nitrogens is 1. The molecule has 0 bridgehead atoms. The van der Waals surface area contributed by atoms with E-state index in [0.29, 0.717) is 18.0 Å². The third kappa shape index (κ3) is 5.01. The largest absolute Gasteiger partial charge is 0.487 e. The van der Waals surface area contributed by atoms with Crippen molar-refractivity contribution in [1.29, 1.82) is 0 Å². The van der Waals surface area contributed by atoms with Crippen LogP contribution in [0.3, 0.4) is 0 Å². The minimum atomic E-state index is -0.0882. The topological polar surface area (TPSA) is 87.6 Å². The average Bonchev–Trinajstić information content (AvgIpc) is 3.40. The molecule has 1 aromatic heterocycles. The molecule has 0 radical (unpaired) electrons. The number of aryl methyl sites for hydroxylation is 1. The zero-order valence-electron chi connectivity index (χ0n) is 18.2. The minimum absolute atomic E-state index is 0.0656. The van der Waals surface area contributed by atoms with Gasteiger partial charge in [0.1, 0.15) is 16.2 Å². The summed E-state index contributed by atoms with van der Waals surface area (Å²) >= 11 is 1.36. The number of nitrogens with one attached hydrogen (secondary N) is 3. The highest BCUT2D eigenvalue weighted by Crippen LogP contribution is 2.46. The number of benzene rings is 1. The molecular weight excluding hydrogens is 410 g/mol. The van der Waals surface area contributed by atoms with Crippen LogP contribution in [0.25, 0.3) is 0 Å². The van der Waals surface area contributed by atoms with Crippen molar-refractivity contribution in [3.8, 4) is 5.75 Å². The quantitative estimate of drug-likeness (QED) is 0.362. The van der Waals surface area contributed by atoms with Crippen molar-refractivity contribution in [2.75, 3.05) is 19.6 Å². The van der Waals surface area contributed by atoms with Gasteiger partial charge in [0.2, 0.25) is 0 Å². The van der Waals surface area contributed by atoms with Crippen molar-refractivity contribution in [1.82, 2.24) is 20.9 Å². The van der Waals surface area contributed by atoms with Crippen LogP contribution in [0.1, 0.15) is 66.0 Å². The highest BCUT2D eigenvalue weighted by atomic mass is 32.1. The predicted octanol–water partition coefficient (Wildman–Crippen LogP) is 3.57. The molecule has 8 heteroatoms. The molecule has 1 unspecified atom stereocenters. The molecule has 1 amide bonds. The van der Waals surface area contributed by atoms with Crippen LogP contribution in [0.4, 0.5) is 0 Å². The molecule has 4 rings (SSSR count). The van der Waals surface area contributed by atoms with E-state index < -0.39 is 0 Å². The van der Waals surface area contributed by atoms with E-state index in [0.717, 1.165) is 43.2 Å². The van der Waals surface area contributed by atoms with Crippen LogP contribution in [0.2, 0.25) is 0 Å². The Morgan fingerprint density at radius 1 is 1.29 bits per heavy atom. The Labute approximate surface area is 187 Å². The second-order valence-corrected chi connectivity index (χ2v) is 9.07. The van der Waals surface area contributed by atoms with E-state index in [1.54, 1.807) is 5.51 Å². The summed E-state index contributed by atoms with van der Waals surface area (Å²) in [6, 6.07) is 8.46. The summed E-state index contributed by atoms with van der Waals surface area (Å²) in [6.07, 6.45) is 5.60. The monoisotopic (exact) mass is 441 g/mol. The van der Waals surface area contributed by atoms with Crippen LogP contribution in [0.5, 0.6) is 5.75 Å². The molecule has 0 saturated heterocycles. The lowest BCUT2D eigenvalue weighted by atomic mass is 9.86. The first kappa shape index (κ1) is 21.6. The number of aliphatic imine (C=N–C) groups is 1. The van der Waals surface area contributed by atoms with Gasteiger partial charge in [0, 0.05) is 25.1 Å². The van der Waals surface area contributed by atoms with Crippen molar-refractivity contribution in [2.45, 2.75) is 57.6 Å². The molecule has 1 atom stereocenters. The van der Waals surface area contributed by atoms with Crippen molar-refractivity contribution in [3.05, 3.63) is 45.9 Å². The summed E-state index contributed by atoms with van der Waals surface area (Å²) in [5.74, 6) is 1.66. The first-order chi connectivity index (χ1) is 15.1. The molecule has 1 aromatic carbocycles. The molecule has 31 heavy (non-hydrogen) atoms. The molecule has 1 aliphatic carbocycles. The Morgan fingerprint density at radius 3 is 2.84 bits per heavy atom. The van der Waals surface area contributed by atoms with Crippen LogP contribution in [0, 0.1) is 6.92 Å². The van der Waals surface area contributed by atoms with E-state index in [9.17, 15) is 4.79 Å². The molecule has 2 aliphatic rings. The molecule has 1 spiro atoms. The van der Waals surface area contributed by atoms with Gasteiger partial charge in [0.25, 0.3) is 5.91 Å². The third-order valence-electron chi connectivity index (χ3n) is 5.99. The molecule has 2 aromatic rings. The number of carbonyl (C=O) groups is 1. The van der Waals surface area contributed by atoms with Gasteiger partial charge in [-0.05, 0) is 45.6 Å². The summed E-state index contributed by atoms with van der Waals surface area (Å²) in [7, 11) is 0. The third-order valence-corrected chi connectivity index (χ3v) is 6.91. The number of hydrogen-bond acceptors (Lipinski definition) is 5. The normalized spacial score (nSPS) is 19.5. The number of rotatable bonds is 6. The van der Waals surface area contributed by atoms with E-state index in [2.05, 4.69) is 46.1 Å². The van der Waals surface area contributed by atoms with Crippen molar-refractivity contribution < 1.29 is 9.53 Å². The van der Waals surface area contributed by atoms with Crippen LogP contribution >= 0.6 is 11.3 Å². The number of nitrogens with zero attached hydrogens (tertiary/aromatic N) is 2. The summed E-state index contributed by atoms with van der Waals surface area (Å²) in [4.78, 5) is 21.8. The van der Waals surface area contributed by atoms with Gasteiger partial charge in [-0.25, -0.2) is 4.98 Å².